The second-order valence-corrected chi connectivity index (χ2v) is 16.3. The molecule has 2 aliphatic rings. The van der Waals surface area contributed by atoms with Crippen LogP contribution in [0.25, 0.3) is 11.1 Å². The minimum absolute atomic E-state index is 0.174. The highest BCUT2D eigenvalue weighted by Crippen LogP contribution is 2.46. The topological polar surface area (TPSA) is 81.1 Å². The van der Waals surface area contributed by atoms with Crippen LogP contribution in [0.1, 0.15) is 42.0 Å². The average molecular weight is 578 g/mol. The maximum atomic E-state index is 16.1. The van der Waals surface area contributed by atoms with E-state index >= 15 is 4.39 Å². The Labute approximate surface area is 255 Å². The normalized spacial score (nSPS) is 19.7. The van der Waals surface area contributed by atoms with Crippen molar-refractivity contribution >= 4 is 64.9 Å². The zero-order valence-corrected chi connectivity index (χ0v) is 26.7. The maximum absolute atomic E-state index is 16.1. The smallest absolute Gasteiger partial charge is 0.256 e. The molecule has 0 saturated heterocycles. The molecule has 3 aromatic rings. The highest BCUT2D eigenvalue weighted by Gasteiger charge is 2.49. The minimum atomic E-state index is -3.55. The molecule has 0 amide bonds. The maximum Gasteiger partial charge on any atom is 0.256 e. The number of halogens is 1. The number of benzene rings is 2. The number of fused-ring (bicyclic) bond motifs is 1. The fourth-order valence-electron chi connectivity index (χ4n) is 6.82. The van der Waals surface area contributed by atoms with Gasteiger partial charge < -0.3 is 4.57 Å². The van der Waals surface area contributed by atoms with E-state index in [4.69, 9.17) is 4.98 Å². The second-order valence-electron chi connectivity index (χ2n) is 14.3. The van der Waals surface area contributed by atoms with E-state index in [0.29, 0.717) is 48.1 Å². The standard InChI is InChI=1S/C27H37B7FN3O3S/c28-25(26(29,30)31,27(32,33)34)38-14-36-21-12-11-20(37-42(40,41)17-9-10-17)19(22(21)24(38)39)13-16-7-4-8-18(23(16)35)15-5-2-1-3-6-15/h1-8,14,17,19-20,37H,9-13,28-34H2. The van der Waals surface area contributed by atoms with Gasteiger partial charge in [0.15, 0.2) is 0 Å². The highest BCUT2D eigenvalue weighted by molar-refractivity contribution is 7.90. The molecule has 212 valence electrons. The number of rotatable bonds is 9. The van der Waals surface area contributed by atoms with E-state index in [2.05, 4.69) is 59.6 Å². The Morgan fingerprint density at radius 1 is 0.929 bits per heavy atom. The van der Waals surface area contributed by atoms with Crippen LogP contribution >= 0.6 is 0 Å². The van der Waals surface area contributed by atoms with Crippen molar-refractivity contribution in [2.24, 2.45) is 0 Å². The number of hydrogen-bond acceptors (Lipinski definition) is 4. The van der Waals surface area contributed by atoms with E-state index < -0.39 is 32.7 Å². The molecule has 1 N–H and O–H groups in total. The second kappa shape index (κ2) is 11.0. The molecular formula is C27H37B7FN3O3S. The molecule has 0 aliphatic heterocycles. The molecule has 1 aromatic heterocycles. The predicted octanol–water partition coefficient (Wildman–Crippen LogP) is -3.00. The van der Waals surface area contributed by atoms with E-state index in [-0.39, 0.29) is 28.0 Å². The van der Waals surface area contributed by atoms with E-state index in [1.807, 2.05) is 36.4 Å². The number of aromatic nitrogens is 2. The Balaban J connectivity index is 1.67. The van der Waals surface area contributed by atoms with Crippen LogP contribution in [0.3, 0.4) is 0 Å². The lowest BCUT2D eigenvalue weighted by Crippen LogP contribution is -2.61. The predicted molar refractivity (Wildman–Crippen MR) is 187 cm³/mol. The van der Waals surface area contributed by atoms with Crippen molar-refractivity contribution in [3.63, 3.8) is 0 Å². The molecule has 2 aromatic carbocycles. The quantitative estimate of drug-likeness (QED) is 0.275. The molecule has 0 bridgehead atoms. The van der Waals surface area contributed by atoms with Crippen LogP contribution in [-0.2, 0) is 28.3 Å². The largest absolute Gasteiger partial charge is 0.305 e. The van der Waals surface area contributed by atoms with Crippen molar-refractivity contribution in [2.75, 3.05) is 0 Å². The van der Waals surface area contributed by atoms with Crippen LogP contribution in [0.5, 0.6) is 0 Å². The lowest BCUT2D eigenvalue weighted by atomic mass is 9.18. The SMILES string of the molecule is BC(B)(B)C(B)(n1cnc2c(c1=O)C(Cc1cccc(-c3ccccc3)c1F)C(NS(=O)(=O)C1CC1)CC2)C(B)(B)B. The molecule has 2 atom stereocenters. The van der Waals surface area contributed by atoms with Crippen LogP contribution in [0.15, 0.2) is 59.7 Å². The summed E-state index contributed by atoms with van der Waals surface area (Å²) in [6.07, 6.45) is 4.10. The lowest BCUT2D eigenvalue weighted by molar-refractivity contribution is 0.380. The highest BCUT2D eigenvalue weighted by atomic mass is 32.2. The van der Waals surface area contributed by atoms with Gasteiger partial charge in [0.1, 0.15) is 13.7 Å². The molecule has 5 rings (SSSR count). The molecule has 1 fully saturated rings. The third kappa shape index (κ3) is 5.52. The number of nitrogens with one attached hydrogen (secondary N) is 1. The summed E-state index contributed by atoms with van der Waals surface area (Å²) < 4.78 is 47.2. The number of nitrogens with zero attached hydrogens (tertiary/aromatic N) is 2. The van der Waals surface area contributed by atoms with Gasteiger partial charge in [-0.2, -0.15) is 0 Å². The summed E-state index contributed by atoms with van der Waals surface area (Å²) in [6, 6.07) is 14.2. The van der Waals surface area contributed by atoms with Crippen molar-refractivity contribution in [1.82, 2.24) is 14.3 Å². The van der Waals surface area contributed by atoms with Gasteiger partial charge in [-0.3, -0.25) is 4.79 Å². The summed E-state index contributed by atoms with van der Waals surface area (Å²) in [5.41, 5.74) is 2.08. The van der Waals surface area contributed by atoms with Crippen molar-refractivity contribution in [1.29, 1.82) is 0 Å². The molecule has 6 nitrogen and oxygen atoms in total. The fourth-order valence-corrected chi connectivity index (χ4v) is 8.47. The molecular weight excluding hydrogens is 541 g/mol. The monoisotopic (exact) mass is 579 g/mol. The van der Waals surface area contributed by atoms with Crippen molar-refractivity contribution in [2.45, 2.75) is 65.0 Å². The number of aryl methyl sites for hydroxylation is 1. The van der Waals surface area contributed by atoms with Crippen LogP contribution in [0, 0.1) is 5.82 Å². The average Bonchev–Trinajstić information content (AvgIpc) is 3.76. The molecule has 0 radical (unpaired) electrons. The Morgan fingerprint density at radius 3 is 2.17 bits per heavy atom. The van der Waals surface area contributed by atoms with Crippen LogP contribution < -0.4 is 10.3 Å². The first kappa shape index (κ1) is 31.1. The van der Waals surface area contributed by atoms with Crippen molar-refractivity contribution in [3.8, 4) is 11.1 Å². The molecule has 42 heavy (non-hydrogen) atoms. The van der Waals surface area contributed by atoms with Gasteiger partial charge in [-0.1, -0.05) is 58.8 Å². The van der Waals surface area contributed by atoms with E-state index in [9.17, 15) is 13.2 Å². The van der Waals surface area contributed by atoms with Gasteiger partial charge in [-0.15, -0.1) is 0 Å². The molecule has 0 spiro atoms. The van der Waals surface area contributed by atoms with Gasteiger partial charge in [0.25, 0.3) is 5.56 Å². The first-order chi connectivity index (χ1) is 19.6. The van der Waals surface area contributed by atoms with E-state index in [1.165, 1.54) is 0 Å². The number of hydrogen-bond donors (Lipinski definition) is 1. The first-order valence-electron chi connectivity index (χ1n) is 15.0. The Bertz CT molecular complexity index is 1640. The van der Waals surface area contributed by atoms with Gasteiger partial charge in [0.05, 0.1) is 64.3 Å². The third-order valence-corrected chi connectivity index (χ3v) is 11.9. The molecule has 2 unspecified atom stereocenters. The van der Waals surface area contributed by atoms with Gasteiger partial charge in [-0.05, 0) is 48.7 Å². The fraction of sp³-hybridized carbons (Fsp3) is 0.407. The van der Waals surface area contributed by atoms with Crippen molar-refractivity contribution < 1.29 is 12.8 Å². The Hall–Kier alpha value is -2.39. The summed E-state index contributed by atoms with van der Waals surface area (Å²) in [5.74, 6) is -0.919. The summed E-state index contributed by atoms with van der Waals surface area (Å²) in [7, 11) is 11.3. The van der Waals surface area contributed by atoms with E-state index in [1.54, 1.807) is 23.0 Å². The summed E-state index contributed by atoms with van der Waals surface area (Å²) in [4.78, 5) is 19.5. The Kier molecular flexibility index (Phi) is 8.10. The van der Waals surface area contributed by atoms with Crippen LogP contribution in [0.2, 0.25) is 10.2 Å². The zero-order chi connectivity index (χ0) is 30.7. The van der Waals surface area contributed by atoms with Gasteiger partial charge in [-0.25, -0.2) is 22.5 Å². The molecule has 15 heteroatoms. The van der Waals surface area contributed by atoms with Gasteiger partial charge in [0.2, 0.25) is 10.0 Å². The van der Waals surface area contributed by atoms with Gasteiger partial charge in [0, 0.05) is 23.1 Å². The minimum Gasteiger partial charge on any atom is -0.305 e. The molecule has 1 saturated carbocycles. The van der Waals surface area contributed by atoms with E-state index in [0.717, 1.165) is 5.56 Å². The zero-order valence-electron chi connectivity index (χ0n) is 25.9. The lowest BCUT2D eigenvalue weighted by Gasteiger charge is -2.54. The summed E-state index contributed by atoms with van der Waals surface area (Å²) in [5, 5.41) is -1.01. The summed E-state index contributed by atoms with van der Waals surface area (Å²) in [6.45, 7) is 0. The van der Waals surface area contributed by atoms with Crippen LogP contribution in [-0.4, -0.2) is 84.2 Å². The Morgan fingerprint density at radius 2 is 1.57 bits per heavy atom. The van der Waals surface area contributed by atoms with Crippen LogP contribution in [0.4, 0.5) is 4.39 Å². The molecule has 2 aliphatic carbocycles. The third-order valence-electron chi connectivity index (χ3n) is 9.92. The molecule has 1 heterocycles. The summed E-state index contributed by atoms with van der Waals surface area (Å²) >= 11 is 0. The van der Waals surface area contributed by atoms with Gasteiger partial charge >= 0.3 is 0 Å². The first-order valence-corrected chi connectivity index (χ1v) is 16.6. The van der Waals surface area contributed by atoms with Crippen molar-refractivity contribution in [3.05, 3.63) is 87.9 Å². The number of sulfonamides is 1.